The lowest BCUT2D eigenvalue weighted by atomic mass is 10.3. The van der Waals surface area contributed by atoms with Gasteiger partial charge in [-0.05, 0) is 36.8 Å². The average molecular weight is 297 g/mol. The number of pyridine rings is 1. The maximum Gasteiger partial charge on any atom is 0.137 e. The first-order valence-corrected chi connectivity index (χ1v) is 6.74. The van der Waals surface area contributed by atoms with Gasteiger partial charge in [0.25, 0.3) is 0 Å². The molecule has 0 bridgehead atoms. The Morgan fingerprint density at radius 3 is 2.79 bits per heavy atom. The predicted octanol–water partition coefficient (Wildman–Crippen LogP) is 4.27. The van der Waals surface area contributed by atoms with Crippen LogP contribution in [0.1, 0.15) is 6.42 Å². The van der Waals surface area contributed by atoms with E-state index in [1.165, 1.54) is 0 Å². The van der Waals surface area contributed by atoms with Crippen molar-refractivity contribution < 1.29 is 4.74 Å². The number of benzene rings is 1. The summed E-state index contributed by atoms with van der Waals surface area (Å²) >= 11 is 11.8. The first-order valence-electron chi connectivity index (χ1n) is 5.98. The Balaban J connectivity index is 1.69. The molecule has 0 aliphatic heterocycles. The van der Waals surface area contributed by atoms with Gasteiger partial charge in [-0.2, -0.15) is 0 Å². The smallest absolute Gasteiger partial charge is 0.137 e. The number of hydrogen-bond donors (Lipinski definition) is 1. The van der Waals surface area contributed by atoms with Crippen molar-refractivity contribution in [2.45, 2.75) is 6.42 Å². The summed E-state index contributed by atoms with van der Waals surface area (Å²) in [5.74, 6) is 1.52. The van der Waals surface area contributed by atoms with Crippen molar-refractivity contribution in [3.8, 4) is 5.75 Å². The van der Waals surface area contributed by atoms with Crippen molar-refractivity contribution in [1.82, 2.24) is 4.98 Å². The molecule has 0 atom stereocenters. The summed E-state index contributed by atoms with van der Waals surface area (Å²) in [6.07, 6.45) is 2.61. The SMILES string of the molecule is Clc1ccc(OCCCNc2ccccn2)c(Cl)c1. The largest absolute Gasteiger partial charge is 0.492 e. The summed E-state index contributed by atoms with van der Waals surface area (Å²) < 4.78 is 5.58. The maximum atomic E-state index is 6.00. The van der Waals surface area contributed by atoms with Crippen LogP contribution in [0.2, 0.25) is 10.0 Å². The van der Waals surface area contributed by atoms with Crippen LogP contribution in [-0.4, -0.2) is 18.1 Å². The van der Waals surface area contributed by atoms with Gasteiger partial charge in [-0.3, -0.25) is 0 Å². The van der Waals surface area contributed by atoms with E-state index >= 15 is 0 Å². The molecule has 3 nitrogen and oxygen atoms in total. The highest BCUT2D eigenvalue weighted by atomic mass is 35.5. The molecule has 0 spiro atoms. The fourth-order valence-electron chi connectivity index (χ4n) is 1.53. The van der Waals surface area contributed by atoms with Gasteiger partial charge in [-0.1, -0.05) is 29.3 Å². The third kappa shape index (κ3) is 4.62. The molecule has 1 aromatic carbocycles. The number of rotatable bonds is 6. The zero-order chi connectivity index (χ0) is 13.5. The Morgan fingerprint density at radius 2 is 2.05 bits per heavy atom. The Labute approximate surface area is 122 Å². The van der Waals surface area contributed by atoms with E-state index < -0.39 is 0 Å². The van der Waals surface area contributed by atoms with Gasteiger partial charge >= 0.3 is 0 Å². The maximum absolute atomic E-state index is 6.00. The summed E-state index contributed by atoms with van der Waals surface area (Å²) in [6, 6.07) is 11.0. The van der Waals surface area contributed by atoms with Crippen molar-refractivity contribution in [2.24, 2.45) is 0 Å². The number of anilines is 1. The topological polar surface area (TPSA) is 34.1 Å². The molecule has 1 heterocycles. The first-order chi connectivity index (χ1) is 9.25. The van der Waals surface area contributed by atoms with Crippen LogP contribution in [0.3, 0.4) is 0 Å². The normalized spacial score (nSPS) is 10.2. The van der Waals surface area contributed by atoms with Crippen molar-refractivity contribution in [3.05, 3.63) is 52.6 Å². The Hall–Kier alpha value is -1.45. The van der Waals surface area contributed by atoms with E-state index in [0.29, 0.717) is 22.4 Å². The van der Waals surface area contributed by atoms with Crippen LogP contribution in [0.25, 0.3) is 0 Å². The summed E-state index contributed by atoms with van der Waals surface area (Å²) in [5, 5.41) is 4.35. The molecule has 19 heavy (non-hydrogen) atoms. The van der Waals surface area contributed by atoms with Gasteiger partial charge in [0.1, 0.15) is 11.6 Å². The molecule has 2 rings (SSSR count). The van der Waals surface area contributed by atoms with Crippen LogP contribution < -0.4 is 10.1 Å². The first kappa shape index (κ1) is 14.0. The van der Waals surface area contributed by atoms with Crippen molar-refractivity contribution in [3.63, 3.8) is 0 Å². The second-order valence-electron chi connectivity index (χ2n) is 3.92. The number of nitrogens with one attached hydrogen (secondary N) is 1. The van der Waals surface area contributed by atoms with Gasteiger partial charge in [-0.25, -0.2) is 4.98 Å². The number of hydrogen-bond acceptors (Lipinski definition) is 3. The lowest BCUT2D eigenvalue weighted by molar-refractivity contribution is 0.315. The second-order valence-corrected chi connectivity index (χ2v) is 4.76. The summed E-state index contributed by atoms with van der Waals surface area (Å²) in [7, 11) is 0. The van der Waals surface area contributed by atoms with E-state index in [2.05, 4.69) is 10.3 Å². The molecule has 2 aromatic rings. The quantitative estimate of drug-likeness (QED) is 0.808. The zero-order valence-electron chi connectivity index (χ0n) is 10.3. The van der Waals surface area contributed by atoms with Gasteiger partial charge in [0, 0.05) is 17.8 Å². The van der Waals surface area contributed by atoms with Crippen LogP contribution in [-0.2, 0) is 0 Å². The molecule has 1 N–H and O–H groups in total. The van der Waals surface area contributed by atoms with E-state index in [1.54, 1.807) is 24.4 Å². The van der Waals surface area contributed by atoms with Crippen molar-refractivity contribution in [2.75, 3.05) is 18.5 Å². The van der Waals surface area contributed by atoms with Gasteiger partial charge in [0.15, 0.2) is 0 Å². The molecule has 5 heteroatoms. The van der Waals surface area contributed by atoms with E-state index in [9.17, 15) is 0 Å². The van der Waals surface area contributed by atoms with Crippen molar-refractivity contribution >= 4 is 29.0 Å². The number of ether oxygens (including phenoxy) is 1. The molecular weight excluding hydrogens is 283 g/mol. The van der Waals surface area contributed by atoms with Crippen LogP contribution in [0, 0.1) is 0 Å². The minimum absolute atomic E-state index is 0.533. The minimum Gasteiger partial charge on any atom is -0.492 e. The van der Waals surface area contributed by atoms with Crippen molar-refractivity contribution in [1.29, 1.82) is 0 Å². The fraction of sp³-hybridized carbons (Fsp3) is 0.214. The Kier molecular flexibility index (Phi) is 5.31. The number of halogens is 2. The van der Waals surface area contributed by atoms with Crippen LogP contribution in [0.15, 0.2) is 42.6 Å². The molecule has 0 saturated carbocycles. The molecular formula is C14H14Cl2N2O. The lowest BCUT2D eigenvalue weighted by Crippen LogP contribution is -2.08. The third-order valence-corrected chi connectivity index (χ3v) is 2.97. The summed E-state index contributed by atoms with van der Waals surface area (Å²) in [5.41, 5.74) is 0. The van der Waals surface area contributed by atoms with Crippen LogP contribution in [0.4, 0.5) is 5.82 Å². The zero-order valence-corrected chi connectivity index (χ0v) is 11.8. The average Bonchev–Trinajstić information content (AvgIpc) is 2.42. The summed E-state index contributed by atoms with van der Waals surface area (Å²) in [6.45, 7) is 1.38. The van der Waals surface area contributed by atoms with E-state index in [1.807, 2.05) is 18.2 Å². The minimum atomic E-state index is 0.533. The fourth-order valence-corrected chi connectivity index (χ4v) is 1.99. The van der Waals surface area contributed by atoms with Gasteiger partial charge in [-0.15, -0.1) is 0 Å². The Bertz CT molecular complexity index is 520. The van der Waals surface area contributed by atoms with E-state index in [-0.39, 0.29) is 0 Å². The highest BCUT2D eigenvalue weighted by molar-refractivity contribution is 6.35. The number of aromatic nitrogens is 1. The summed E-state index contributed by atoms with van der Waals surface area (Å²) in [4.78, 5) is 4.17. The molecule has 0 amide bonds. The third-order valence-electron chi connectivity index (χ3n) is 2.44. The van der Waals surface area contributed by atoms with E-state index in [4.69, 9.17) is 27.9 Å². The molecule has 0 unspecified atom stereocenters. The molecule has 0 fully saturated rings. The monoisotopic (exact) mass is 296 g/mol. The standard InChI is InChI=1S/C14H14Cl2N2O/c15-11-5-6-13(12(16)10-11)19-9-3-8-18-14-4-1-2-7-17-14/h1-2,4-7,10H,3,8-9H2,(H,17,18). The van der Waals surface area contributed by atoms with E-state index in [0.717, 1.165) is 18.8 Å². The van der Waals surface area contributed by atoms with Crippen LogP contribution in [0.5, 0.6) is 5.75 Å². The lowest BCUT2D eigenvalue weighted by Gasteiger charge is -2.09. The highest BCUT2D eigenvalue weighted by Gasteiger charge is 2.01. The van der Waals surface area contributed by atoms with Crippen LogP contribution >= 0.6 is 23.2 Å². The van der Waals surface area contributed by atoms with Gasteiger partial charge in [0.2, 0.25) is 0 Å². The molecule has 100 valence electrons. The highest BCUT2D eigenvalue weighted by Crippen LogP contribution is 2.27. The second kappa shape index (κ2) is 7.22. The van der Waals surface area contributed by atoms with Gasteiger partial charge in [0.05, 0.1) is 11.6 Å². The predicted molar refractivity (Wildman–Crippen MR) is 79.3 cm³/mol. The Morgan fingerprint density at radius 1 is 1.16 bits per heavy atom. The molecule has 0 aliphatic carbocycles. The molecule has 0 saturated heterocycles. The molecule has 0 radical (unpaired) electrons. The van der Waals surface area contributed by atoms with Gasteiger partial charge < -0.3 is 10.1 Å². The number of nitrogens with zero attached hydrogens (tertiary/aromatic N) is 1. The molecule has 1 aromatic heterocycles. The molecule has 0 aliphatic rings.